The van der Waals surface area contributed by atoms with E-state index >= 15 is 0 Å². The van der Waals surface area contributed by atoms with Gasteiger partial charge >= 0.3 is 5.97 Å². The Kier molecular flexibility index (Phi) is 2.58. The first-order valence-electron chi connectivity index (χ1n) is 5.16. The Morgan fingerprint density at radius 1 is 1.44 bits per heavy atom. The molecule has 3 N–H and O–H groups in total. The van der Waals surface area contributed by atoms with Crippen LogP contribution in [0.5, 0.6) is 0 Å². The van der Waals surface area contributed by atoms with Crippen molar-refractivity contribution in [1.29, 1.82) is 0 Å². The summed E-state index contributed by atoms with van der Waals surface area (Å²) in [5, 5.41) is 9.41. The van der Waals surface area contributed by atoms with Gasteiger partial charge in [0.2, 0.25) is 0 Å². The van der Waals surface area contributed by atoms with Crippen molar-refractivity contribution in [2.45, 2.75) is 6.92 Å². The predicted molar refractivity (Wildman–Crippen MR) is 65.3 cm³/mol. The third-order valence-electron chi connectivity index (χ3n) is 2.96. The number of nitrogens with two attached hydrogens (primary N) is 1. The number of aromatic nitrogens is 1. The summed E-state index contributed by atoms with van der Waals surface area (Å²) in [7, 11) is 1.46. The number of benzene rings is 1. The van der Waals surface area contributed by atoms with Crippen LogP contribution in [0.25, 0.3) is 10.9 Å². The molecule has 0 atom stereocenters. The van der Waals surface area contributed by atoms with Gasteiger partial charge in [0.1, 0.15) is 5.82 Å². The Hall–Kier alpha value is -2.37. The summed E-state index contributed by atoms with van der Waals surface area (Å²) in [4.78, 5) is 23.1. The minimum atomic E-state index is -1.23. The number of carboxylic acids is 1. The van der Waals surface area contributed by atoms with Crippen LogP contribution in [-0.4, -0.2) is 15.6 Å². The zero-order chi connectivity index (χ0) is 13.6. The molecule has 0 aliphatic carbocycles. The molecule has 0 saturated heterocycles. The van der Waals surface area contributed by atoms with Gasteiger partial charge in [-0.2, -0.15) is 0 Å². The molecule has 0 fully saturated rings. The Balaban J connectivity index is 3.13. The number of pyridine rings is 1. The molecule has 2 rings (SSSR count). The molecule has 1 aromatic carbocycles. The second-order valence-corrected chi connectivity index (χ2v) is 4.06. The largest absolute Gasteiger partial charge is 0.478 e. The number of aromatic carboxylic acids is 1. The maximum Gasteiger partial charge on any atom is 0.336 e. The Labute approximate surface area is 101 Å². The van der Waals surface area contributed by atoms with Crippen molar-refractivity contribution in [3.63, 3.8) is 0 Å². The second-order valence-electron chi connectivity index (χ2n) is 4.06. The van der Waals surface area contributed by atoms with Crippen LogP contribution in [0.2, 0.25) is 0 Å². The monoisotopic (exact) mass is 250 g/mol. The Morgan fingerprint density at radius 2 is 2.06 bits per heavy atom. The van der Waals surface area contributed by atoms with Crippen molar-refractivity contribution in [3.8, 4) is 0 Å². The number of rotatable bonds is 1. The fourth-order valence-electron chi connectivity index (χ4n) is 2.00. The van der Waals surface area contributed by atoms with E-state index in [1.807, 2.05) is 0 Å². The lowest BCUT2D eigenvalue weighted by molar-refractivity contribution is 0.0698. The van der Waals surface area contributed by atoms with E-state index in [1.54, 1.807) is 0 Å². The maximum atomic E-state index is 13.4. The lowest BCUT2D eigenvalue weighted by Gasteiger charge is -2.11. The zero-order valence-electron chi connectivity index (χ0n) is 9.82. The third-order valence-corrected chi connectivity index (χ3v) is 2.96. The molecule has 0 saturated carbocycles. The van der Waals surface area contributed by atoms with E-state index in [4.69, 9.17) is 10.8 Å². The van der Waals surface area contributed by atoms with Gasteiger partial charge < -0.3 is 15.4 Å². The normalized spacial score (nSPS) is 10.8. The SMILES string of the molecule is Cc1c(C(=O)O)c2cc(N)c(F)cc2n(C)c1=O. The molecule has 2 aromatic rings. The van der Waals surface area contributed by atoms with Crippen LogP contribution in [0.1, 0.15) is 15.9 Å². The topological polar surface area (TPSA) is 85.3 Å². The van der Waals surface area contributed by atoms with Crippen molar-refractivity contribution in [1.82, 2.24) is 4.57 Å². The van der Waals surface area contributed by atoms with Crippen LogP contribution >= 0.6 is 0 Å². The Bertz CT molecular complexity index is 734. The average Bonchev–Trinajstić information content (AvgIpc) is 2.29. The second kappa shape index (κ2) is 3.83. The van der Waals surface area contributed by atoms with Crippen LogP contribution < -0.4 is 11.3 Å². The summed E-state index contributed by atoms with van der Waals surface area (Å²) in [6.07, 6.45) is 0. The van der Waals surface area contributed by atoms with Gasteiger partial charge in [0, 0.05) is 24.1 Å². The lowest BCUT2D eigenvalue weighted by Crippen LogP contribution is -2.23. The molecule has 0 bridgehead atoms. The van der Waals surface area contributed by atoms with E-state index in [0.29, 0.717) is 0 Å². The highest BCUT2D eigenvalue weighted by molar-refractivity contribution is 6.04. The van der Waals surface area contributed by atoms with Gasteiger partial charge in [0.05, 0.1) is 16.8 Å². The number of nitrogens with zero attached hydrogens (tertiary/aromatic N) is 1. The number of aryl methyl sites for hydroxylation is 1. The number of carboxylic acid groups (broad SMARTS) is 1. The van der Waals surface area contributed by atoms with Gasteiger partial charge in [0.15, 0.2) is 0 Å². The van der Waals surface area contributed by atoms with Gasteiger partial charge in [-0.3, -0.25) is 4.79 Å². The molecule has 94 valence electrons. The van der Waals surface area contributed by atoms with Gasteiger partial charge in [-0.1, -0.05) is 0 Å². The number of nitrogen functional groups attached to an aromatic ring is 1. The van der Waals surface area contributed by atoms with Crippen LogP contribution in [0.4, 0.5) is 10.1 Å². The molecule has 1 aromatic heterocycles. The fraction of sp³-hybridized carbons (Fsp3) is 0.167. The van der Waals surface area contributed by atoms with Crippen LogP contribution in [0.15, 0.2) is 16.9 Å². The van der Waals surface area contributed by atoms with Crippen LogP contribution in [-0.2, 0) is 7.05 Å². The van der Waals surface area contributed by atoms with E-state index < -0.39 is 17.3 Å². The molecule has 5 nitrogen and oxygen atoms in total. The first-order chi connectivity index (χ1) is 8.34. The van der Waals surface area contributed by atoms with Gasteiger partial charge in [0.25, 0.3) is 5.56 Å². The van der Waals surface area contributed by atoms with Gasteiger partial charge in [-0.15, -0.1) is 0 Å². The first kappa shape index (κ1) is 12.1. The van der Waals surface area contributed by atoms with Crippen molar-refractivity contribution >= 4 is 22.6 Å². The van der Waals surface area contributed by atoms with Crippen LogP contribution in [0.3, 0.4) is 0 Å². The van der Waals surface area contributed by atoms with Crippen molar-refractivity contribution < 1.29 is 14.3 Å². The quantitative estimate of drug-likeness (QED) is 0.746. The molecule has 1 heterocycles. The molecule has 0 aliphatic rings. The predicted octanol–water partition coefficient (Wildman–Crippen LogP) is 1.27. The molecule has 6 heteroatoms. The zero-order valence-corrected chi connectivity index (χ0v) is 9.82. The van der Waals surface area contributed by atoms with E-state index in [-0.39, 0.29) is 27.7 Å². The highest BCUT2D eigenvalue weighted by Crippen LogP contribution is 2.24. The maximum absolute atomic E-state index is 13.4. The number of hydrogen-bond acceptors (Lipinski definition) is 3. The van der Waals surface area contributed by atoms with Crippen LogP contribution in [0, 0.1) is 12.7 Å². The molecule has 0 unspecified atom stereocenters. The van der Waals surface area contributed by atoms with E-state index in [1.165, 1.54) is 24.6 Å². The summed E-state index contributed by atoms with van der Waals surface area (Å²) in [5.41, 5.74) is 4.98. The summed E-state index contributed by atoms with van der Waals surface area (Å²) in [6.45, 7) is 1.42. The highest BCUT2D eigenvalue weighted by atomic mass is 19.1. The van der Waals surface area contributed by atoms with Crippen molar-refractivity contribution in [2.75, 3.05) is 5.73 Å². The van der Waals surface area contributed by atoms with Crippen molar-refractivity contribution in [3.05, 3.63) is 39.4 Å². The molecular formula is C12H11FN2O3. The summed E-state index contributed by atoms with van der Waals surface area (Å²) in [6, 6.07) is 2.30. The summed E-state index contributed by atoms with van der Waals surface area (Å²) in [5.74, 6) is -1.92. The molecule has 18 heavy (non-hydrogen) atoms. The molecule has 0 radical (unpaired) electrons. The minimum Gasteiger partial charge on any atom is -0.478 e. The van der Waals surface area contributed by atoms with E-state index in [2.05, 4.69) is 0 Å². The fourth-order valence-corrected chi connectivity index (χ4v) is 2.00. The number of halogens is 1. The Morgan fingerprint density at radius 3 is 2.61 bits per heavy atom. The minimum absolute atomic E-state index is 0.100. The molecule has 0 amide bonds. The van der Waals surface area contributed by atoms with Crippen molar-refractivity contribution in [2.24, 2.45) is 7.05 Å². The summed E-state index contributed by atoms with van der Waals surface area (Å²) < 4.78 is 14.6. The molecule has 0 spiro atoms. The smallest absolute Gasteiger partial charge is 0.336 e. The van der Waals surface area contributed by atoms with Gasteiger partial charge in [-0.25, -0.2) is 9.18 Å². The highest BCUT2D eigenvalue weighted by Gasteiger charge is 2.18. The lowest BCUT2D eigenvalue weighted by atomic mass is 10.0. The van der Waals surface area contributed by atoms with Gasteiger partial charge in [-0.05, 0) is 13.0 Å². The first-order valence-corrected chi connectivity index (χ1v) is 5.16. The third kappa shape index (κ3) is 1.54. The standard InChI is InChI=1S/C12H11FN2O3/c1-5-10(12(17)18)6-3-8(14)7(13)4-9(6)15(2)11(5)16/h3-4H,14H2,1-2H3,(H,17,18). The number of hydrogen-bond donors (Lipinski definition) is 2. The number of anilines is 1. The number of fused-ring (bicyclic) bond motifs is 1. The molecule has 0 aliphatic heterocycles. The summed E-state index contributed by atoms with van der Waals surface area (Å²) >= 11 is 0. The van der Waals surface area contributed by atoms with E-state index in [0.717, 1.165) is 6.07 Å². The van der Waals surface area contributed by atoms with E-state index in [9.17, 15) is 14.0 Å². The molecular weight excluding hydrogens is 239 g/mol. The average molecular weight is 250 g/mol. The number of carbonyl (C=O) groups is 1.